The molecule has 3 atom stereocenters. The van der Waals surface area contributed by atoms with Crippen LogP contribution in [0.15, 0.2) is 22.8 Å². The van der Waals surface area contributed by atoms with Crippen molar-refractivity contribution >= 4 is 21.7 Å². The Morgan fingerprint density at radius 2 is 2.00 bits per heavy atom. The third-order valence-corrected chi connectivity index (χ3v) is 4.49. The van der Waals surface area contributed by atoms with Crippen LogP contribution in [0.5, 0.6) is 0 Å². The van der Waals surface area contributed by atoms with Gasteiger partial charge in [0.05, 0.1) is 5.60 Å². The summed E-state index contributed by atoms with van der Waals surface area (Å²) >= 11 is 3.40. The van der Waals surface area contributed by atoms with Gasteiger partial charge in [-0.25, -0.2) is 4.98 Å². The summed E-state index contributed by atoms with van der Waals surface area (Å²) in [5, 5.41) is 10.1. The van der Waals surface area contributed by atoms with Gasteiger partial charge in [0.2, 0.25) is 0 Å². The Labute approximate surface area is 110 Å². The molecule has 1 unspecified atom stereocenters. The summed E-state index contributed by atoms with van der Waals surface area (Å²) in [6, 6.07) is 4.09. The molecule has 3 nitrogen and oxygen atoms in total. The second-order valence-corrected chi connectivity index (χ2v) is 6.58. The van der Waals surface area contributed by atoms with Gasteiger partial charge in [-0.15, -0.1) is 0 Å². The van der Waals surface area contributed by atoms with Gasteiger partial charge < -0.3 is 10.0 Å². The molecule has 1 aliphatic heterocycles. The van der Waals surface area contributed by atoms with E-state index in [-0.39, 0.29) is 0 Å². The molecule has 2 aliphatic rings. The number of fused-ring (bicyclic) bond motifs is 1. The van der Waals surface area contributed by atoms with Gasteiger partial charge in [0, 0.05) is 23.8 Å². The van der Waals surface area contributed by atoms with E-state index >= 15 is 0 Å². The minimum Gasteiger partial charge on any atom is -0.390 e. The normalized spacial score (nSPS) is 36.3. The molecule has 2 heterocycles. The average Bonchev–Trinajstić information content (AvgIpc) is 2.72. The first-order chi connectivity index (χ1) is 8.03. The molecule has 1 aromatic heterocycles. The molecule has 2 fully saturated rings. The van der Waals surface area contributed by atoms with E-state index in [0.29, 0.717) is 11.8 Å². The Bertz CT molecular complexity index is 402. The van der Waals surface area contributed by atoms with Crippen molar-refractivity contribution in [1.82, 2.24) is 4.98 Å². The summed E-state index contributed by atoms with van der Waals surface area (Å²) in [6.07, 6.45) is 3.72. The Morgan fingerprint density at radius 1 is 1.35 bits per heavy atom. The average molecular weight is 297 g/mol. The number of pyridine rings is 1. The van der Waals surface area contributed by atoms with Crippen molar-refractivity contribution in [2.45, 2.75) is 25.4 Å². The van der Waals surface area contributed by atoms with Gasteiger partial charge in [-0.05, 0) is 59.7 Å². The predicted molar refractivity (Wildman–Crippen MR) is 71.0 cm³/mol. The van der Waals surface area contributed by atoms with Crippen LogP contribution in [-0.4, -0.2) is 28.8 Å². The number of hydrogen-bond acceptors (Lipinski definition) is 3. The smallest absolute Gasteiger partial charge is 0.128 e. The van der Waals surface area contributed by atoms with Crippen LogP contribution in [0.4, 0.5) is 5.82 Å². The largest absolute Gasteiger partial charge is 0.390 e. The van der Waals surface area contributed by atoms with Crippen molar-refractivity contribution in [3.63, 3.8) is 0 Å². The van der Waals surface area contributed by atoms with E-state index in [4.69, 9.17) is 0 Å². The van der Waals surface area contributed by atoms with E-state index < -0.39 is 5.60 Å². The highest BCUT2D eigenvalue weighted by atomic mass is 79.9. The molecule has 0 radical (unpaired) electrons. The van der Waals surface area contributed by atoms with Gasteiger partial charge in [0.15, 0.2) is 0 Å². The maximum absolute atomic E-state index is 10.1. The standard InChI is InChI=1S/C13H17BrN2O/c1-13(17)4-9-7-16(8-10(9)5-13)12-3-2-11(14)6-15-12/h2-3,6,9-10,17H,4-5,7-8H2,1H3/t9-,10+,13?. The Morgan fingerprint density at radius 3 is 2.53 bits per heavy atom. The lowest BCUT2D eigenvalue weighted by atomic mass is 10.0. The van der Waals surface area contributed by atoms with Crippen molar-refractivity contribution in [2.24, 2.45) is 11.8 Å². The number of anilines is 1. The quantitative estimate of drug-likeness (QED) is 0.865. The summed E-state index contributed by atoms with van der Waals surface area (Å²) in [4.78, 5) is 6.78. The SMILES string of the molecule is CC1(O)C[C@H]2CN(c3ccc(Br)cn3)C[C@H]2C1. The van der Waals surface area contributed by atoms with Crippen molar-refractivity contribution < 1.29 is 5.11 Å². The van der Waals surface area contributed by atoms with Crippen LogP contribution < -0.4 is 4.90 Å². The second-order valence-electron chi connectivity index (χ2n) is 5.66. The zero-order chi connectivity index (χ0) is 12.0. The first kappa shape index (κ1) is 11.5. The topological polar surface area (TPSA) is 36.4 Å². The summed E-state index contributed by atoms with van der Waals surface area (Å²) in [6.45, 7) is 4.04. The molecular formula is C13H17BrN2O. The predicted octanol–water partition coefficient (Wildman–Crippen LogP) is 2.44. The van der Waals surface area contributed by atoms with Crippen LogP contribution in [0, 0.1) is 11.8 Å². The lowest BCUT2D eigenvalue weighted by Gasteiger charge is -2.22. The van der Waals surface area contributed by atoms with Crippen molar-refractivity contribution in [3.05, 3.63) is 22.8 Å². The maximum atomic E-state index is 10.1. The summed E-state index contributed by atoms with van der Waals surface area (Å²) in [5.74, 6) is 2.33. The molecule has 0 bridgehead atoms. The fourth-order valence-corrected chi connectivity index (χ4v) is 3.59. The monoisotopic (exact) mass is 296 g/mol. The second kappa shape index (κ2) is 3.95. The highest BCUT2D eigenvalue weighted by molar-refractivity contribution is 9.10. The molecule has 3 rings (SSSR count). The molecular weight excluding hydrogens is 280 g/mol. The number of halogens is 1. The third-order valence-electron chi connectivity index (χ3n) is 4.02. The van der Waals surface area contributed by atoms with E-state index in [1.54, 1.807) is 0 Å². The minimum absolute atomic E-state index is 0.436. The van der Waals surface area contributed by atoms with Gasteiger partial charge in [0.1, 0.15) is 5.82 Å². The molecule has 0 amide bonds. The first-order valence-electron chi connectivity index (χ1n) is 6.12. The van der Waals surface area contributed by atoms with E-state index in [9.17, 15) is 5.11 Å². The molecule has 4 heteroatoms. The van der Waals surface area contributed by atoms with Crippen LogP contribution in [0.3, 0.4) is 0 Å². The number of aliphatic hydroxyl groups is 1. The highest BCUT2D eigenvalue weighted by Gasteiger charge is 2.45. The molecule has 1 saturated carbocycles. The maximum Gasteiger partial charge on any atom is 0.128 e. The fraction of sp³-hybridized carbons (Fsp3) is 0.615. The lowest BCUT2D eigenvalue weighted by molar-refractivity contribution is 0.0601. The number of aromatic nitrogens is 1. The van der Waals surface area contributed by atoms with Crippen LogP contribution in [-0.2, 0) is 0 Å². The molecule has 1 saturated heterocycles. The van der Waals surface area contributed by atoms with Gasteiger partial charge >= 0.3 is 0 Å². The minimum atomic E-state index is -0.436. The van der Waals surface area contributed by atoms with E-state index in [0.717, 1.165) is 36.2 Å². The fourth-order valence-electron chi connectivity index (χ4n) is 3.36. The van der Waals surface area contributed by atoms with Gasteiger partial charge in [0.25, 0.3) is 0 Å². The van der Waals surface area contributed by atoms with Gasteiger partial charge in [-0.1, -0.05) is 0 Å². The van der Waals surface area contributed by atoms with Crippen LogP contribution in [0.2, 0.25) is 0 Å². The first-order valence-corrected chi connectivity index (χ1v) is 6.92. The summed E-state index contributed by atoms with van der Waals surface area (Å²) in [7, 11) is 0. The number of nitrogens with zero attached hydrogens (tertiary/aromatic N) is 2. The van der Waals surface area contributed by atoms with Crippen LogP contribution >= 0.6 is 15.9 Å². The van der Waals surface area contributed by atoms with E-state index in [2.05, 4.69) is 31.9 Å². The Balaban J connectivity index is 1.72. The highest BCUT2D eigenvalue weighted by Crippen LogP contribution is 2.44. The molecule has 92 valence electrons. The van der Waals surface area contributed by atoms with Crippen LogP contribution in [0.25, 0.3) is 0 Å². The van der Waals surface area contributed by atoms with Gasteiger partial charge in [-0.2, -0.15) is 0 Å². The van der Waals surface area contributed by atoms with Crippen molar-refractivity contribution in [2.75, 3.05) is 18.0 Å². The number of hydrogen-bond donors (Lipinski definition) is 1. The third kappa shape index (κ3) is 2.20. The summed E-state index contributed by atoms with van der Waals surface area (Å²) in [5.41, 5.74) is -0.436. The summed E-state index contributed by atoms with van der Waals surface area (Å²) < 4.78 is 1.02. The lowest BCUT2D eigenvalue weighted by Crippen LogP contribution is -2.27. The molecule has 17 heavy (non-hydrogen) atoms. The molecule has 0 spiro atoms. The Kier molecular flexibility index (Phi) is 2.67. The molecule has 1 aromatic rings. The van der Waals surface area contributed by atoms with Crippen molar-refractivity contribution in [3.8, 4) is 0 Å². The zero-order valence-corrected chi connectivity index (χ0v) is 11.5. The van der Waals surface area contributed by atoms with Gasteiger partial charge in [-0.3, -0.25) is 0 Å². The van der Waals surface area contributed by atoms with E-state index in [1.807, 2.05) is 19.2 Å². The Hall–Kier alpha value is -0.610. The molecule has 1 N–H and O–H groups in total. The number of rotatable bonds is 1. The van der Waals surface area contributed by atoms with Crippen molar-refractivity contribution in [1.29, 1.82) is 0 Å². The van der Waals surface area contributed by atoms with E-state index in [1.165, 1.54) is 0 Å². The molecule has 1 aliphatic carbocycles. The molecule has 0 aromatic carbocycles. The van der Waals surface area contributed by atoms with Crippen LogP contribution in [0.1, 0.15) is 19.8 Å². The zero-order valence-electron chi connectivity index (χ0n) is 9.93.